The first-order chi connectivity index (χ1) is 7.08. The number of piperidine rings is 1. The Morgan fingerprint density at radius 3 is 2.67 bits per heavy atom. The van der Waals surface area contributed by atoms with Crippen LogP contribution < -0.4 is 5.32 Å². The highest BCUT2D eigenvalue weighted by Gasteiger charge is 2.27. The highest BCUT2D eigenvalue weighted by molar-refractivity contribution is 4.68. The summed E-state index contributed by atoms with van der Waals surface area (Å²) in [6.45, 7) is 0.793. The van der Waals surface area contributed by atoms with Crippen LogP contribution in [0.1, 0.15) is 12.8 Å². The van der Waals surface area contributed by atoms with Gasteiger partial charge in [-0.25, -0.2) is 0 Å². The number of alkyl halides is 3. The maximum atomic E-state index is 11.7. The van der Waals surface area contributed by atoms with Crippen LogP contribution in [-0.4, -0.2) is 45.2 Å². The Balaban J connectivity index is 1.92. The normalized spacial score (nSPS) is 23.0. The van der Waals surface area contributed by atoms with E-state index < -0.39 is 12.8 Å². The summed E-state index contributed by atoms with van der Waals surface area (Å²) in [5.74, 6) is 0. The third-order valence-electron chi connectivity index (χ3n) is 2.10. The summed E-state index contributed by atoms with van der Waals surface area (Å²) in [6.07, 6.45) is -2.11. The van der Waals surface area contributed by atoms with Gasteiger partial charge < -0.3 is 14.8 Å². The van der Waals surface area contributed by atoms with Crippen molar-refractivity contribution >= 4 is 0 Å². The van der Waals surface area contributed by atoms with Gasteiger partial charge in [-0.2, -0.15) is 13.2 Å². The molecule has 1 N–H and O–H groups in total. The molecule has 0 amide bonds. The summed E-state index contributed by atoms with van der Waals surface area (Å²) < 4.78 is 44.7. The summed E-state index contributed by atoms with van der Waals surface area (Å²) in [5, 5.41) is 3.15. The quantitative estimate of drug-likeness (QED) is 0.719. The number of hydrogen-bond acceptors (Lipinski definition) is 3. The van der Waals surface area contributed by atoms with E-state index in [1.165, 1.54) is 0 Å². The minimum absolute atomic E-state index is 0.00396. The van der Waals surface area contributed by atoms with Gasteiger partial charge in [-0.15, -0.1) is 0 Å². The van der Waals surface area contributed by atoms with Gasteiger partial charge in [0.25, 0.3) is 0 Å². The molecule has 0 unspecified atom stereocenters. The zero-order valence-electron chi connectivity index (χ0n) is 8.48. The fraction of sp³-hybridized carbons (Fsp3) is 1.00. The predicted octanol–water partition coefficient (Wildman–Crippen LogP) is 1.33. The molecule has 0 bridgehead atoms. The molecule has 3 nitrogen and oxygen atoms in total. The Kier molecular flexibility index (Phi) is 5.35. The summed E-state index contributed by atoms with van der Waals surface area (Å²) in [5.41, 5.74) is 0. The van der Waals surface area contributed by atoms with Gasteiger partial charge in [-0.05, 0) is 19.4 Å². The molecule has 1 heterocycles. The Bertz CT molecular complexity index is 169. The van der Waals surface area contributed by atoms with Gasteiger partial charge in [0, 0.05) is 6.54 Å². The second-order valence-electron chi connectivity index (χ2n) is 3.51. The van der Waals surface area contributed by atoms with Crippen LogP contribution in [0, 0.1) is 0 Å². The first kappa shape index (κ1) is 12.7. The highest BCUT2D eigenvalue weighted by Crippen LogP contribution is 2.14. The monoisotopic (exact) mass is 227 g/mol. The number of ether oxygens (including phenoxy) is 2. The average Bonchev–Trinajstić information content (AvgIpc) is 2.17. The second-order valence-corrected chi connectivity index (χ2v) is 3.51. The van der Waals surface area contributed by atoms with Gasteiger partial charge in [-0.3, -0.25) is 0 Å². The van der Waals surface area contributed by atoms with Gasteiger partial charge in [0.2, 0.25) is 0 Å². The van der Waals surface area contributed by atoms with Crippen molar-refractivity contribution in [3.63, 3.8) is 0 Å². The number of hydrogen-bond donors (Lipinski definition) is 1. The molecule has 15 heavy (non-hydrogen) atoms. The van der Waals surface area contributed by atoms with E-state index in [-0.39, 0.29) is 19.3 Å². The molecule has 1 aliphatic heterocycles. The van der Waals surface area contributed by atoms with Crippen molar-refractivity contribution in [1.29, 1.82) is 0 Å². The molecule has 0 spiro atoms. The van der Waals surface area contributed by atoms with Crippen molar-refractivity contribution in [1.82, 2.24) is 5.32 Å². The standard InChI is InChI=1S/C9H16F3NO2/c10-9(11,12)7-14-4-5-15-8-2-1-3-13-6-8/h8,13H,1-7H2/t8-/m0/s1. The molecule has 0 radical (unpaired) electrons. The van der Waals surface area contributed by atoms with Crippen LogP contribution in [0.5, 0.6) is 0 Å². The molecule has 90 valence electrons. The van der Waals surface area contributed by atoms with Crippen LogP contribution in [0.3, 0.4) is 0 Å². The fourth-order valence-corrected chi connectivity index (χ4v) is 1.42. The molecule has 0 aliphatic carbocycles. The van der Waals surface area contributed by atoms with Crippen molar-refractivity contribution < 1.29 is 22.6 Å². The number of rotatable bonds is 5. The van der Waals surface area contributed by atoms with Crippen molar-refractivity contribution in [2.24, 2.45) is 0 Å². The van der Waals surface area contributed by atoms with Crippen LogP contribution in [-0.2, 0) is 9.47 Å². The summed E-state index contributed by atoms with van der Waals surface area (Å²) >= 11 is 0. The van der Waals surface area contributed by atoms with Gasteiger partial charge in [0.05, 0.1) is 19.3 Å². The van der Waals surface area contributed by atoms with Crippen LogP contribution in [0.25, 0.3) is 0 Å². The minimum atomic E-state index is -4.24. The molecule has 1 saturated heterocycles. The number of halogens is 3. The molecular weight excluding hydrogens is 211 g/mol. The molecule has 0 aromatic carbocycles. The molecule has 0 aromatic heterocycles. The summed E-state index contributed by atoms with van der Waals surface area (Å²) in [7, 11) is 0. The average molecular weight is 227 g/mol. The van der Waals surface area contributed by atoms with Gasteiger partial charge in [0.15, 0.2) is 0 Å². The molecule has 6 heteroatoms. The van der Waals surface area contributed by atoms with Crippen LogP contribution in [0.15, 0.2) is 0 Å². The lowest BCUT2D eigenvalue weighted by Gasteiger charge is -2.23. The highest BCUT2D eigenvalue weighted by atomic mass is 19.4. The Morgan fingerprint density at radius 2 is 2.07 bits per heavy atom. The lowest BCUT2D eigenvalue weighted by Crippen LogP contribution is -2.36. The van der Waals surface area contributed by atoms with Crippen molar-refractivity contribution in [3.8, 4) is 0 Å². The molecule has 0 saturated carbocycles. The maximum Gasteiger partial charge on any atom is 0.411 e. The van der Waals surface area contributed by atoms with Crippen LogP contribution in [0.4, 0.5) is 13.2 Å². The third-order valence-corrected chi connectivity index (χ3v) is 2.10. The fourth-order valence-electron chi connectivity index (χ4n) is 1.42. The van der Waals surface area contributed by atoms with Gasteiger partial charge in [-0.1, -0.05) is 0 Å². The SMILES string of the molecule is FC(F)(F)COCCO[C@H]1CCCNC1. The molecule has 1 aliphatic rings. The van der Waals surface area contributed by atoms with E-state index in [4.69, 9.17) is 4.74 Å². The lowest BCUT2D eigenvalue weighted by molar-refractivity contribution is -0.177. The number of nitrogens with one attached hydrogen (secondary N) is 1. The van der Waals surface area contributed by atoms with Gasteiger partial charge in [0.1, 0.15) is 6.61 Å². The van der Waals surface area contributed by atoms with E-state index in [2.05, 4.69) is 10.1 Å². The van der Waals surface area contributed by atoms with E-state index in [0.717, 1.165) is 25.9 Å². The molecule has 1 rings (SSSR count). The zero-order chi connectivity index (χ0) is 11.1. The zero-order valence-corrected chi connectivity index (χ0v) is 8.48. The van der Waals surface area contributed by atoms with Crippen molar-refractivity contribution in [3.05, 3.63) is 0 Å². The molecule has 1 fully saturated rings. The van der Waals surface area contributed by atoms with E-state index in [9.17, 15) is 13.2 Å². The Morgan fingerprint density at radius 1 is 1.27 bits per heavy atom. The second kappa shape index (κ2) is 6.30. The van der Waals surface area contributed by atoms with Gasteiger partial charge >= 0.3 is 6.18 Å². The topological polar surface area (TPSA) is 30.5 Å². The predicted molar refractivity (Wildman–Crippen MR) is 48.7 cm³/mol. The smallest absolute Gasteiger partial charge is 0.375 e. The first-order valence-electron chi connectivity index (χ1n) is 5.05. The Hall–Kier alpha value is -0.330. The summed E-state index contributed by atoms with van der Waals surface area (Å²) in [6, 6.07) is 0. The van der Waals surface area contributed by atoms with E-state index in [1.54, 1.807) is 0 Å². The van der Waals surface area contributed by atoms with Crippen LogP contribution >= 0.6 is 0 Å². The molecule has 1 atom stereocenters. The summed E-state index contributed by atoms with van der Waals surface area (Å²) in [4.78, 5) is 0. The van der Waals surface area contributed by atoms with E-state index in [0.29, 0.717) is 0 Å². The molecular formula is C9H16F3NO2. The van der Waals surface area contributed by atoms with Crippen molar-refractivity contribution in [2.75, 3.05) is 32.9 Å². The largest absolute Gasteiger partial charge is 0.411 e. The lowest BCUT2D eigenvalue weighted by atomic mass is 10.1. The van der Waals surface area contributed by atoms with Crippen LogP contribution in [0.2, 0.25) is 0 Å². The Labute approximate surface area is 86.9 Å². The van der Waals surface area contributed by atoms with E-state index in [1.807, 2.05) is 0 Å². The first-order valence-corrected chi connectivity index (χ1v) is 5.05. The minimum Gasteiger partial charge on any atom is -0.375 e. The van der Waals surface area contributed by atoms with Crippen molar-refractivity contribution in [2.45, 2.75) is 25.1 Å². The van der Waals surface area contributed by atoms with E-state index >= 15 is 0 Å². The molecule has 0 aromatic rings. The third kappa shape index (κ3) is 6.70. The maximum absolute atomic E-state index is 11.7.